The maximum Gasteiger partial charge on any atom is 0.240 e. The number of benzene rings is 3. The highest BCUT2D eigenvalue weighted by molar-refractivity contribution is 9.10. The van der Waals surface area contributed by atoms with Crippen LogP contribution in [0.4, 0.5) is 11.4 Å². The van der Waals surface area contributed by atoms with Gasteiger partial charge in [-0.05, 0) is 48.9 Å². The van der Waals surface area contributed by atoms with Gasteiger partial charge in [-0.15, -0.1) is 0 Å². The van der Waals surface area contributed by atoms with Crippen molar-refractivity contribution in [2.45, 2.75) is 19.8 Å². The van der Waals surface area contributed by atoms with Crippen LogP contribution in [0.5, 0.6) is 0 Å². The van der Waals surface area contributed by atoms with Crippen LogP contribution in [0.2, 0.25) is 0 Å². The maximum absolute atomic E-state index is 13.0. The Labute approximate surface area is 184 Å². The Morgan fingerprint density at radius 2 is 1.47 bits per heavy atom. The van der Waals surface area contributed by atoms with Crippen LogP contribution in [0.15, 0.2) is 94.5 Å². The highest BCUT2D eigenvalue weighted by Crippen LogP contribution is 2.26. The SMILES string of the molecule is C/C(=N\NC(=O)CCC(=O)N(c1ccccc1)c1ccccc1)c1cccc(Br)c1. The lowest BCUT2D eigenvalue weighted by atomic mass is 10.1. The quantitative estimate of drug-likeness (QED) is 0.374. The first-order valence-corrected chi connectivity index (χ1v) is 10.4. The van der Waals surface area contributed by atoms with Crippen LogP contribution in [0.25, 0.3) is 0 Å². The summed E-state index contributed by atoms with van der Waals surface area (Å²) >= 11 is 3.42. The van der Waals surface area contributed by atoms with E-state index >= 15 is 0 Å². The summed E-state index contributed by atoms with van der Waals surface area (Å²) in [6.45, 7) is 1.82. The van der Waals surface area contributed by atoms with Crippen molar-refractivity contribution < 1.29 is 9.59 Å². The molecule has 0 aromatic heterocycles. The number of halogens is 1. The van der Waals surface area contributed by atoms with Crippen molar-refractivity contribution in [2.75, 3.05) is 4.90 Å². The van der Waals surface area contributed by atoms with Crippen LogP contribution in [-0.4, -0.2) is 17.5 Å². The minimum atomic E-state index is -0.307. The van der Waals surface area contributed by atoms with Crippen molar-refractivity contribution >= 4 is 44.8 Å². The molecule has 152 valence electrons. The molecule has 6 heteroatoms. The summed E-state index contributed by atoms with van der Waals surface area (Å²) in [6.07, 6.45) is 0.116. The van der Waals surface area contributed by atoms with Crippen molar-refractivity contribution in [1.29, 1.82) is 0 Å². The van der Waals surface area contributed by atoms with Gasteiger partial charge in [-0.1, -0.05) is 64.5 Å². The number of para-hydroxylation sites is 2. The van der Waals surface area contributed by atoms with Crippen molar-refractivity contribution in [1.82, 2.24) is 5.43 Å². The zero-order valence-corrected chi connectivity index (χ0v) is 18.2. The van der Waals surface area contributed by atoms with Gasteiger partial charge in [0.2, 0.25) is 11.8 Å². The zero-order valence-electron chi connectivity index (χ0n) is 16.6. The van der Waals surface area contributed by atoms with Crippen LogP contribution in [0.1, 0.15) is 25.3 Å². The molecule has 5 nitrogen and oxygen atoms in total. The smallest absolute Gasteiger partial charge is 0.240 e. The lowest BCUT2D eigenvalue weighted by Crippen LogP contribution is -2.28. The molecule has 2 amide bonds. The highest BCUT2D eigenvalue weighted by atomic mass is 79.9. The van der Waals surface area contributed by atoms with E-state index in [1.807, 2.05) is 91.9 Å². The predicted molar refractivity (Wildman–Crippen MR) is 124 cm³/mol. The second kappa shape index (κ2) is 10.5. The standard InChI is InChI=1S/C24H22BrN3O2/c1-18(19-9-8-10-20(25)17-19)26-27-23(29)15-16-24(30)28(21-11-4-2-5-12-21)22-13-6-3-7-14-22/h2-14,17H,15-16H2,1H3,(H,27,29)/b26-18+. The number of carbonyl (C=O) groups is 2. The Kier molecular flexibility index (Phi) is 7.51. The molecule has 0 aliphatic rings. The molecule has 30 heavy (non-hydrogen) atoms. The number of anilines is 2. The molecule has 0 heterocycles. The maximum atomic E-state index is 13.0. The third-order valence-electron chi connectivity index (χ3n) is 4.43. The minimum Gasteiger partial charge on any atom is -0.281 e. The van der Waals surface area contributed by atoms with Crippen molar-refractivity contribution in [2.24, 2.45) is 5.10 Å². The lowest BCUT2D eigenvalue weighted by molar-refractivity contribution is -0.124. The number of amides is 2. The molecule has 3 aromatic carbocycles. The van der Waals surface area contributed by atoms with Crippen molar-refractivity contribution in [3.8, 4) is 0 Å². The van der Waals surface area contributed by atoms with Crippen molar-refractivity contribution in [3.05, 3.63) is 95.0 Å². The summed E-state index contributed by atoms with van der Waals surface area (Å²) in [5.74, 6) is -0.464. The number of rotatable bonds is 7. The molecule has 0 fully saturated rings. The number of carbonyl (C=O) groups excluding carboxylic acids is 2. The molecule has 1 N–H and O–H groups in total. The van der Waals surface area contributed by atoms with Gasteiger partial charge in [0.05, 0.1) is 5.71 Å². The van der Waals surface area contributed by atoms with Gasteiger partial charge < -0.3 is 0 Å². The number of nitrogens with one attached hydrogen (secondary N) is 1. The van der Waals surface area contributed by atoms with E-state index in [0.29, 0.717) is 5.71 Å². The average molecular weight is 464 g/mol. The molecule has 0 radical (unpaired) electrons. The molecule has 0 unspecified atom stereocenters. The second-order valence-corrected chi connectivity index (χ2v) is 7.56. The van der Waals surface area contributed by atoms with E-state index in [-0.39, 0.29) is 24.7 Å². The average Bonchev–Trinajstić information content (AvgIpc) is 2.77. The largest absolute Gasteiger partial charge is 0.281 e. The summed E-state index contributed by atoms with van der Waals surface area (Å²) < 4.78 is 0.938. The first-order chi connectivity index (χ1) is 14.5. The van der Waals surface area contributed by atoms with Gasteiger partial charge >= 0.3 is 0 Å². The number of hydrogen-bond donors (Lipinski definition) is 1. The third-order valence-corrected chi connectivity index (χ3v) is 4.93. The number of hydrogen-bond acceptors (Lipinski definition) is 3. The van der Waals surface area contributed by atoms with Gasteiger partial charge in [0.25, 0.3) is 0 Å². The lowest BCUT2D eigenvalue weighted by Gasteiger charge is -2.23. The van der Waals surface area contributed by atoms with Crippen LogP contribution < -0.4 is 10.3 Å². The van der Waals surface area contributed by atoms with E-state index < -0.39 is 0 Å². The fourth-order valence-corrected chi connectivity index (χ4v) is 3.30. The Hall–Kier alpha value is -3.25. The summed E-state index contributed by atoms with van der Waals surface area (Å²) in [7, 11) is 0. The molecule has 3 rings (SSSR count). The van der Waals surface area contributed by atoms with Gasteiger partial charge in [0.1, 0.15) is 0 Å². The Balaban J connectivity index is 1.64. The summed E-state index contributed by atoms with van der Waals surface area (Å²) in [4.78, 5) is 26.8. The molecule has 0 atom stereocenters. The molecule has 0 aliphatic carbocycles. The van der Waals surface area contributed by atoms with Crippen molar-refractivity contribution in [3.63, 3.8) is 0 Å². The van der Waals surface area contributed by atoms with Crippen LogP contribution in [-0.2, 0) is 9.59 Å². The zero-order chi connectivity index (χ0) is 21.3. The summed E-state index contributed by atoms with van der Waals surface area (Å²) in [5, 5.41) is 4.15. The molecule has 0 saturated heterocycles. The molecule has 0 spiro atoms. The van der Waals surface area contributed by atoms with E-state index in [9.17, 15) is 9.59 Å². The van der Waals surface area contributed by atoms with E-state index in [1.165, 1.54) is 0 Å². The molecule has 0 saturated carbocycles. The highest BCUT2D eigenvalue weighted by Gasteiger charge is 2.18. The first-order valence-electron chi connectivity index (χ1n) is 9.57. The second-order valence-electron chi connectivity index (χ2n) is 6.64. The fourth-order valence-electron chi connectivity index (χ4n) is 2.90. The Bertz CT molecular complexity index is 997. The predicted octanol–water partition coefficient (Wildman–Crippen LogP) is 5.43. The van der Waals surface area contributed by atoms with E-state index in [0.717, 1.165) is 21.4 Å². The first kappa shape index (κ1) is 21.5. The molecule has 0 aliphatic heterocycles. The molecular weight excluding hydrogens is 442 g/mol. The minimum absolute atomic E-state index is 0.0459. The van der Waals surface area contributed by atoms with Crippen LogP contribution in [0.3, 0.4) is 0 Å². The third kappa shape index (κ3) is 5.87. The summed E-state index contributed by atoms with van der Waals surface area (Å²) in [5.41, 5.74) is 5.65. The van der Waals surface area contributed by atoms with Gasteiger partial charge in [-0.3, -0.25) is 14.5 Å². The normalized spacial score (nSPS) is 11.1. The van der Waals surface area contributed by atoms with Crippen LogP contribution >= 0.6 is 15.9 Å². The van der Waals surface area contributed by atoms with Gasteiger partial charge in [0.15, 0.2) is 0 Å². The Morgan fingerprint density at radius 1 is 0.867 bits per heavy atom. The van der Waals surface area contributed by atoms with Gasteiger partial charge in [0, 0.05) is 28.7 Å². The number of nitrogens with zero attached hydrogens (tertiary/aromatic N) is 2. The number of hydrazone groups is 1. The summed E-state index contributed by atoms with van der Waals surface area (Å²) in [6, 6.07) is 26.5. The van der Waals surface area contributed by atoms with Crippen LogP contribution in [0, 0.1) is 0 Å². The molecule has 0 bridgehead atoms. The molecular formula is C24H22BrN3O2. The van der Waals surface area contributed by atoms with Gasteiger partial charge in [-0.25, -0.2) is 5.43 Å². The van der Waals surface area contributed by atoms with E-state index in [4.69, 9.17) is 0 Å². The Morgan fingerprint density at radius 3 is 2.03 bits per heavy atom. The van der Waals surface area contributed by atoms with Gasteiger partial charge in [-0.2, -0.15) is 5.10 Å². The van der Waals surface area contributed by atoms with E-state index in [1.54, 1.807) is 4.90 Å². The fraction of sp³-hybridized carbons (Fsp3) is 0.125. The van der Waals surface area contributed by atoms with E-state index in [2.05, 4.69) is 26.5 Å². The molecule has 3 aromatic rings. The topological polar surface area (TPSA) is 61.8 Å². The monoisotopic (exact) mass is 463 g/mol.